The van der Waals surface area contributed by atoms with Crippen LogP contribution in [0, 0.1) is 6.92 Å². The van der Waals surface area contributed by atoms with Crippen molar-refractivity contribution in [1.29, 1.82) is 0 Å². The van der Waals surface area contributed by atoms with Gasteiger partial charge < -0.3 is 20.1 Å². The number of hydrogen-bond acceptors (Lipinski definition) is 4. The Kier molecular flexibility index (Phi) is 4.04. The summed E-state index contributed by atoms with van der Waals surface area (Å²) >= 11 is 0. The van der Waals surface area contributed by atoms with Gasteiger partial charge in [0.15, 0.2) is 6.10 Å². The number of carbonyl (C=O) groups is 1. The number of hydrogen-bond donors (Lipinski definition) is 2. The molecule has 2 rings (SSSR count). The number of benzene rings is 1. The Hall–Kier alpha value is -1.75. The number of rotatable bonds is 5. The van der Waals surface area contributed by atoms with E-state index in [1.165, 1.54) is 0 Å². The first-order valence-electron chi connectivity index (χ1n) is 6.01. The van der Waals surface area contributed by atoms with Crippen LogP contribution in [0.4, 0.5) is 4.79 Å². The monoisotopic (exact) mass is 250 g/mol. The third-order valence-corrected chi connectivity index (χ3v) is 2.82. The summed E-state index contributed by atoms with van der Waals surface area (Å²) in [6.07, 6.45) is -0.580. The summed E-state index contributed by atoms with van der Waals surface area (Å²) in [5.41, 5.74) is 2.19. The van der Waals surface area contributed by atoms with E-state index >= 15 is 0 Å². The molecular weight excluding hydrogens is 232 g/mol. The normalized spacial score (nSPS) is 18.3. The SMILES string of the molecule is CNCc1cccc(C)c1OCC1CNC(=O)O1. The van der Waals surface area contributed by atoms with Crippen molar-refractivity contribution in [2.24, 2.45) is 0 Å². The third kappa shape index (κ3) is 2.92. The van der Waals surface area contributed by atoms with Gasteiger partial charge >= 0.3 is 6.09 Å². The minimum atomic E-state index is -0.371. The molecule has 0 spiro atoms. The molecule has 5 heteroatoms. The zero-order valence-corrected chi connectivity index (χ0v) is 10.7. The van der Waals surface area contributed by atoms with Crippen LogP contribution < -0.4 is 15.4 Å². The molecule has 1 fully saturated rings. The summed E-state index contributed by atoms with van der Waals surface area (Å²) in [4.78, 5) is 10.9. The van der Waals surface area contributed by atoms with Gasteiger partial charge in [0.1, 0.15) is 12.4 Å². The van der Waals surface area contributed by atoms with Gasteiger partial charge in [0.2, 0.25) is 0 Å². The highest BCUT2D eigenvalue weighted by Crippen LogP contribution is 2.23. The first kappa shape index (κ1) is 12.7. The van der Waals surface area contributed by atoms with Gasteiger partial charge in [-0.3, -0.25) is 0 Å². The molecular formula is C13H18N2O3. The van der Waals surface area contributed by atoms with E-state index in [2.05, 4.69) is 10.6 Å². The van der Waals surface area contributed by atoms with Crippen molar-refractivity contribution in [2.45, 2.75) is 19.6 Å². The van der Waals surface area contributed by atoms with Crippen molar-refractivity contribution in [2.75, 3.05) is 20.2 Å². The van der Waals surface area contributed by atoms with Crippen LogP contribution in [0.3, 0.4) is 0 Å². The zero-order valence-electron chi connectivity index (χ0n) is 10.7. The van der Waals surface area contributed by atoms with Crippen LogP contribution in [0.2, 0.25) is 0 Å². The first-order valence-corrected chi connectivity index (χ1v) is 6.01. The fourth-order valence-electron chi connectivity index (χ4n) is 1.95. The Morgan fingerprint density at radius 2 is 2.39 bits per heavy atom. The minimum Gasteiger partial charge on any atom is -0.489 e. The lowest BCUT2D eigenvalue weighted by Gasteiger charge is -2.15. The Morgan fingerprint density at radius 3 is 3.06 bits per heavy atom. The number of amides is 1. The Labute approximate surface area is 106 Å². The fourth-order valence-corrected chi connectivity index (χ4v) is 1.95. The molecule has 1 amide bonds. The van der Waals surface area contributed by atoms with E-state index in [1.54, 1.807) is 0 Å². The molecule has 0 saturated carbocycles. The van der Waals surface area contributed by atoms with Gasteiger partial charge in [0.25, 0.3) is 0 Å². The Balaban J connectivity index is 2.01. The fraction of sp³-hybridized carbons (Fsp3) is 0.462. The van der Waals surface area contributed by atoms with Gasteiger partial charge in [-0.15, -0.1) is 0 Å². The number of nitrogens with one attached hydrogen (secondary N) is 2. The summed E-state index contributed by atoms with van der Waals surface area (Å²) < 4.78 is 10.8. The van der Waals surface area contributed by atoms with E-state index in [1.807, 2.05) is 32.2 Å². The van der Waals surface area contributed by atoms with E-state index < -0.39 is 0 Å². The van der Waals surface area contributed by atoms with Crippen molar-refractivity contribution in [3.8, 4) is 5.75 Å². The van der Waals surface area contributed by atoms with Crippen LogP contribution in [0.5, 0.6) is 5.75 Å². The van der Waals surface area contributed by atoms with Crippen LogP contribution in [0.25, 0.3) is 0 Å². The maximum Gasteiger partial charge on any atom is 0.407 e. The summed E-state index contributed by atoms with van der Waals surface area (Å²) in [5, 5.41) is 5.72. The molecule has 1 aliphatic rings. The second kappa shape index (κ2) is 5.73. The van der Waals surface area contributed by atoms with Gasteiger partial charge in [0.05, 0.1) is 6.54 Å². The lowest BCUT2D eigenvalue weighted by molar-refractivity contribution is 0.104. The number of cyclic esters (lactones) is 1. The Morgan fingerprint density at radius 1 is 1.56 bits per heavy atom. The number of ether oxygens (including phenoxy) is 2. The second-order valence-corrected chi connectivity index (χ2v) is 4.31. The highest BCUT2D eigenvalue weighted by atomic mass is 16.6. The summed E-state index contributed by atoms with van der Waals surface area (Å²) in [6, 6.07) is 6.04. The average Bonchev–Trinajstić information content (AvgIpc) is 2.75. The molecule has 1 saturated heterocycles. The predicted octanol–water partition coefficient (Wildman–Crippen LogP) is 1.20. The van der Waals surface area contributed by atoms with E-state index in [9.17, 15) is 4.79 Å². The van der Waals surface area contributed by atoms with Crippen LogP contribution in [-0.2, 0) is 11.3 Å². The number of aryl methyl sites for hydroxylation is 1. The third-order valence-electron chi connectivity index (χ3n) is 2.82. The highest BCUT2D eigenvalue weighted by Gasteiger charge is 2.23. The van der Waals surface area contributed by atoms with E-state index in [-0.39, 0.29) is 12.2 Å². The lowest BCUT2D eigenvalue weighted by atomic mass is 10.1. The van der Waals surface area contributed by atoms with E-state index in [4.69, 9.17) is 9.47 Å². The minimum absolute atomic E-state index is 0.209. The van der Waals surface area contributed by atoms with Crippen LogP contribution >= 0.6 is 0 Å². The maximum atomic E-state index is 10.9. The molecule has 1 unspecified atom stereocenters. The van der Waals surface area contributed by atoms with E-state index in [0.29, 0.717) is 13.2 Å². The van der Waals surface area contributed by atoms with Crippen molar-refractivity contribution in [1.82, 2.24) is 10.6 Å². The molecule has 1 aliphatic heterocycles. The predicted molar refractivity (Wildman–Crippen MR) is 67.7 cm³/mol. The largest absolute Gasteiger partial charge is 0.489 e. The standard InChI is InChI=1S/C13H18N2O3/c1-9-4-3-5-10(6-14-2)12(9)17-8-11-7-15-13(16)18-11/h3-5,11,14H,6-8H2,1-2H3,(H,15,16). The number of para-hydroxylation sites is 1. The lowest BCUT2D eigenvalue weighted by Crippen LogP contribution is -2.22. The number of alkyl carbamates (subject to hydrolysis) is 1. The quantitative estimate of drug-likeness (QED) is 0.824. The van der Waals surface area contributed by atoms with Crippen molar-refractivity contribution >= 4 is 6.09 Å². The summed E-state index contributed by atoms with van der Waals surface area (Å²) in [7, 11) is 1.90. The molecule has 2 N–H and O–H groups in total. The molecule has 98 valence electrons. The van der Waals surface area contributed by atoms with Crippen LogP contribution in [0.15, 0.2) is 18.2 Å². The van der Waals surface area contributed by atoms with E-state index in [0.717, 1.165) is 23.4 Å². The molecule has 1 aromatic rings. The number of carbonyl (C=O) groups excluding carboxylic acids is 1. The molecule has 18 heavy (non-hydrogen) atoms. The topological polar surface area (TPSA) is 59.6 Å². The maximum absolute atomic E-state index is 10.9. The smallest absolute Gasteiger partial charge is 0.407 e. The molecule has 0 aromatic heterocycles. The van der Waals surface area contributed by atoms with Crippen LogP contribution in [0.1, 0.15) is 11.1 Å². The van der Waals surface area contributed by atoms with Crippen molar-refractivity contribution < 1.29 is 14.3 Å². The molecule has 5 nitrogen and oxygen atoms in total. The highest BCUT2D eigenvalue weighted by molar-refractivity contribution is 5.69. The molecule has 0 bridgehead atoms. The van der Waals surface area contributed by atoms with Crippen LogP contribution in [-0.4, -0.2) is 32.4 Å². The van der Waals surface area contributed by atoms with Gasteiger partial charge in [-0.1, -0.05) is 18.2 Å². The zero-order chi connectivity index (χ0) is 13.0. The Bertz CT molecular complexity index is 434. The van der Waals surface area contributed by atoms with Crippen molar-refractivity contribution in [3.63, 3.8) is 0 Å². The second-order valence-electron chi connectivity index (χ2n) is 4.31. The molecule has 1 atom stereocenters. The van der Waals surface area contributed by atoms with Gasteiger partial charge in [0, 0.05) is 12.1 Å². The average molecular weight is 250 g/mol. The van der Waals surface area contributed by atoms with Gasteiger partial charge in [-0.05, 0) is 19.5 Å². The summed E-state index contributed by atoms with van der Waals surface area (Å²) in [5.74, 6) is 0.870. The van der Waals surface area contributed by atoms with Gasteiger partial charge in [-0.25, -0.2) is 4.79 Å². The van der Waals surface area contributed by atoms with Gasteiger partial charge in [-0.2, -0.15) is 0 Å². The molecule has 1 heterocycles. The summed E-state index contributed by atoms with van der Waals surface area (Å²) in [6.45, 7) is 3.64. The molecule has 0 aliphatic carbocycles. The van der Waals surface area contributed by atoms with Crippen molar-refractivity contribution in [3.05, 3.63) is 29.3 Å². The first-order chi connectivity index (χ1) is 8.70. The molecule has 1 aromatic carbocycles. The molecule has 0 radical (unpaired) electrons.